The zero-order chi connectivity index (χ0) is 19.6. The van der Waals surface area contributed by atoms with Crippen molar-refractivity contribution in [2.45, 2.75) is 19.9 Å². The van der Waals surface area contributed by atoms with Crippen LogP contribution in [0.1, 0.15) is 44.6 Å². The molecule has 2 aromatic heterocycles. The lowest BCUT2D eigenvalue weighted by Crippen LogP contribution is -2.26. The Kier molecular flexibility index (Phi) is 5.41. The molecule has 0 aliphatic carbocycles. The summed E-state index contributed by atoms with van der Waals surface area (Å²) < 4.78 is 5.65. The first kappa shape index (κ1) is 18.8. The molecule has 1 atom stereocenters. The Balaban J connectivity index is 1.77. The van der Waals surface area contributed by atoms with E-state index in [1.54, 1.807) is 55.8 Å². The van der Waals surface area contributed by atoms with Gasteiger partial charge in [-0.25, -0.2) is 4.98 Å². The summed E-state index contributed by atoms with van der Waals surface area (Å²) in [5.74, 6) is 0.407. The zero-order valence-corrected chi connectivity index (χ0v) is 16.5. The van der Waals surface area contributed by atoms with Crippen molar-refractivity contribution in [1.82, 2.24) is 15.2 Å². The third-order valence-corrected chi connectivity index (χ3v) is 4.85. The topological polar surface area (TPSA) is 75.4 Å². The Morgan fingerprint density at radius 3 is 2.67 bits per heavy atom. The second kappa shape index (κ2) is 7.75. The van der Waals surface area contributed by atoms with Gasteiger partial charge in [-0.1, -0.05) is 12.1 Å². The van der Waals surface area contributed by atoms with Crippen LogP contribution < -0.4 is 5.32 Å². The fourth-order valence-electron chi connectivity index (χ4n) is 2.58. The average Bonchev–Trinajstić information content (AvgIpc) is 3.30. The van der Waals surface area contributed by atoms with Gasteiger partial charge in [-0.2, -0.15) is 0 Å². The number of rotatable bonds is 5. The van der Waals surface area contributed by atoms with Crippen molar-refractivity contribution < 1.29 is 14.0 Å². The van der Waals surface area contributed by atoms with Crippen molar-refractivity contribution in [3.63, 3.8) is 0 Å². The predicted octanol–water partition coefficient (Wildman–Crippen LogP) is 3.90. The molecule has 2 heterocycles. The molecule has 7 heteroatoms. The third-order valence-electron chi connectivity index (χ3n) is 4.06. The maximum absolute atomic E-state index is 12.6. The van der Waals surface area contributed by atoms with Crippen LogP contribution in [0.2, 0.25) is 0 Å². The number of furan rings is 1. The molecule has 0 saturated carbocycles. The number of benzene rings is 1. The van der Waals surface area contributed by atoms with Gasteiger partial charge in [0.25, 0.3) is 11.8 Å². The smallest absolute Gasteiger partial charge is 0.289 e. The summed E-state index contributed by atoms with van der Waals surface area (Å²) in [5.41, 5.74) is 2.10. The van der Waals surface area contributed by atoms with E-state index in [1.165, 1.54) is 4.90 Å². The molecule has 140 valence electrons. The number of hydrogen-bond acceptors (Lipinski definition) is 5. The number of amides is 2. The van der Waals surface area contributed by atoms with Crippen LogP contribution in [0.3, 0.4) is 0 Å². The molecule has 0 fully saturated rings. The molecular formula is C20H21N3O3S. The van der Waals surface area contributed by atoms with Crippen molar-refractivity contribution in [3.05, 3.63) is 63.8 Å². The number of nitrogens with one attached hydrogen (secondary N) is 1. The van der Waals surface area contributed by atoms with E-state index in [-0.39, 0.29) is 23.6 Å². The summed E-state index contributed by atoms with van der Waals surface area (Å²) in [6, 6.07) is 10.3. The van der Waals surface area contributed by atoms with Crippen LogP contribution >= 0.6 is 11.3 Å². The first-order valence-electron chi connectivity index (χ1n) is 8.50. The van der Waals surface area contributed by atoms with E-state index in [0.29, 0.717) is 11.3 Å². The van der Waals surface area contributed by atoms with E-state index in [0.717, 1.165) is 16.3 Å². The highest BCUT2D eigenvalue weighted by molar-refractivity contribution is 7.09. The molecule has 27 heavy (non-hydrogen) atoms. The van der Waals surface area contributed by atoms with Gasteiger partial charge in [-0.3, -0.25) is 9.59 Å². The number of nitrogens with zero attached hydrogens (tertiary/aromatic N) is 2. The third kappa shape index (κ3) is 4.25. The van der Waals surface area contributed by atoms with Gasteiger partial charge in [0.15, 0.2) is 5.76 Å². The largest absolute Gasteiger partial charge is 0.451 e. The number of carbonyl (C=O) groups excluding carboxylic acids is 2. The first-order valence-corrected chi connectivity index (χ1v) is 9.38. The molecule has 0 spiro atoms. The maximum atomic E-state index is 12.6. The Hall–Kier alpha value is -2.93. The van der Waals surface area contributed by atoms with Crippen LogP contribution in [0.5, 0.6) is 0 Å². The van der Waals surface area contributed by atoms with Crippen LogP contribution in [0, 0.1) is 6.92 Å². The molecule has 2 amide bonds. The average molecular weight is 383 g/mol. The number of aromatic nitrogens is 1. The van der Waals surface area contributed by atoms with Gasteiger partial charge in [-0.05, 0) is 38.1 Å². The highest BCUT2D eigenvalue weighted by Gasteiger charge is 2.16. The summed E-state index contributed by atoms with van der Waals surface area (Å²) in [4.78, 5) is 30.4. The van der Waals surface area contributed by atoms with Crippen molar-refractivity contribution in [2.24, 2.45) is 0 Å². The van der Waals surface area contributed by atoms with Gasteiger partial charge < -0.3 is 14.6 Å². The predicted molar refractivity (Wildman–Crippen MR) is 105 cm³/mol. The molecule has 1 aromatic carbocycles. The molecular weight excluding hydrogens is 362 g/mol. The molecule has 0 aliphatic rings. The minimum Gasteiger partial charge on any atom is -0.451 e. The molecule has 1 N–H and O–H groups in total. The van der Waals surface area contributed by atoms with Crippen LogP contribution in [0.25, 0.3) is 11.3 Å². The summed E-state index contributed by atoms with van der Waals surface area (Å²) in [6.07, 6.45) is 0. The molecule has 6 nitrogen and oxygen atoms in total. The number of thiazole rings is 1. The van der Waals surface area contributed by atoms with E-state index in [2.05, 4.69) is 10.3 Å². The highest BCUT2D eigenvalue weighted by atomic mass is 32.1. The lowest BCUT2D eigenvalue weighted by Gasteiger charge is -2.12. The van der Waals surface area contributed by atoms with Gasteiger partial charge in [-0.15, -0.1) is 11.3 Å². The molecule has 0 unspecified atom stereocenters. The SMILES string of the molecule is Cc1nc([C@@H](C)NC(=O)c2cccc(-c3ccc(C(=O)N(C)C)o3)c2)cs1. The lowest BCUT2D eigenvalue weighted by atomic mass is 10.1. The molecule has 0 saturated heterocycles. The zero-order valence-electron chi connectivity index (χ0n) is 15.6. The van der Waals surface area contributed by atoms with Crippen LogP contribution in [-0.2, 0) is 0 Å². The summed E-state index contributed by atoms with van der Waals surface area (Å²) in [7, 11) is 3.33. The second-order valence-corrected chi connectivity index (χ2v) is 7.49. The molecule has 3 rings (SSSR count). The van der Waals surface area contributed by atoms with E-state index < -0.39 is 0 Å². The standard InChI is InChI=1S/C20H21N3O3S/c1-12(16-11-27-13(2)22-16)21-19(24)15-7-5-6-14(10-15)17-8-9-18(26-17)20(25)23(3)4/h5-12H,1-4H3,(H,21,24)/t12-/m1/s1. The molecule has 0 radical (unpaired) electrons. The second-order valence-electron chi connectivity index (χ2n) is 6.43. The van der Waals surface area contributed by atoms with Crippen molar-refractivity contribution in [1.29, 1.82) is 0 Å². The van der Waals surface area contributed by atoms with E-state index >= 15 is 0 Å². The molecule has 0 aliphatic heterocycles. The maximum Gasteiger partial charge on any atom is 0.289 e. The van der Waals surface area contributed by atoms with Crippen LogP contribution in [0.4, 0.5) is 0 Å². The lowest BCUT2D eigenvalue weighted by molar-refractivity contribution is 0.0797. The minimum absolute atomic E-state index is 0.181. The van der Waals surface area contributed by atoms with Crippen LogP contribution in [0.15, 0.2) is 46.2 Å². The van der Waals surface area contributed by atoms with E-state index in [4.69, 9.17) is 4.42 Å². The summed E-state index contributed by atoms with van der Waals surface area (Å²) >= 11 is 1.56. The number of aryl methyl sites for hydroxylation is 1. The minimum atomic E-state index is -0.206. The fourth-order valence-corrected chi connectivity index (χ4v) is 3.28. The van der Waals surface area contributed by atoms with E-state index in [9.17, 15) is 9.59 Å². The van der Waals surface area contributed by atoms with Gasteiger partial charge in [0.1, 0.15) is 5.76 Å². The quantitative estimate of drug-likeness (QED) is 0.725. The Morgan fingerprint density at radius 1 is 1.22 bits per heavy atom. The van der Waals surface area contributed by atoms with Gasteiger partial charge in [0, 0.05) is 30.6 Å². The molecule has 3 aromatic rings. The normalized spacial score (nSPS) is 11.9. The van der Waals surface area contributed by atoms with Crippen molar-refractivity contribution >= 4 is 23.2 Å². The number of hydrogen-bond donors (Lipinski definition) is 1. The monoisotopic (exact) mass is 383 g/mol. The van der Waals surface area contributed by atoms with Gasteiger partial charge in [0.2, 0.25) is 0 Å². The van der Waals surface area contributed by atoms with Gasteiger partial charge in [0.05, 0.1) is 16.7 Å². The van der Waals surface area contributed by atoms with Crippen LogP contribution in [-0.4, -0.2) is 35.8 Å². The highest BCUT2D eigenvalue weighted by Crippen LogP contribution is 2.24. The Labute approximate surface area is 161 Å². The van der Waals surface area contributed by atoms with Crippen molar-refractivity contribution in [3.8, 4) is 11.3 Å². The van der Waals surface area contributed by atoms with E-state index in [1.807, 2.05) is 25.3 Å². The number of carbonyl (C=O) groups is 2. The summed E-state index contributed by atoms with van der Waals surface area (Å²) in [5, 5.41) is 5.87. The first-order chi connectivity index (χ1) is 12.8. The Bertz CT molecular complexity index is 974. The summed E-state index contributed by atoms with van der Waals surface area (Å²) in [6.45, 7) is 3.84. The molecule has 0 bridgehead atoms. The van der Waals surface area contributed by atoms with Crippen molar-refractivity contribution in [2.75, 3.05) is 14.1 Å². The fraction of sp³-hybridized carbons (Fsp3) is 0.250. The van der Waals surface area contributed by atoms with Gasteiger partial charge >= 0.3 is 0 Å². The Morgan fingerprint density at radius 2 is 2.00 bits per heavy atom.